The van der Waals surface area contributed by atoms with Gasteiger partial charge in [-0.15, -0.1) is 0 Å². The van der Waals surface area contributed by atoms with Crippen molar-refractivity contribution in [2.24, 2.45) is 0 Å². The lowest BCUT2D eigenvalue weighted by molar-refractivity contribution is -0.132. The number of rotatable bonds is 3. The minimum atomic E-state index is -1.09. The number of ether oxygens (including phenoxy) is 2. The Morgan fingerprint density at radius 1 is 1.06 bits per heavy atom. The second-order valence-electron chi connectivity index (χ2n) is 7.57. The van der Waals surface area contributed by atoms with Crippen molar-refractivity contribution < 1.29 is 33.0 Å². The molecule has 1 fully saturated rings. The average Bonchev–Trinajstić information content (AvgIpc) is 3.35. The Balaban J connectivity index is 1.69. The minimum Gasteiger partial charge on any atom is -0.507 e. The highest BCUT2D eigenvalue weighted by molar-refractivity contribution is 6.51. The van der Waals surface area contributed by atoms with Crippen molar-refractivity contribution in [3.63, 3.8) is 0 Å². The average molecular weight is 470 g/mol. The molecule has 1 amide bonds. The van der Waals surface area contributed by atoms with Crippen LogP contribution in [0.1, 0.15) is 23.1 Å². The molecule has 3 aromatic rings. The van der Waals surface area contributed by atoms with E-state index in [1.807, 2.05) is 0 Å². The SMILES string of the molecule is Cc1ccc(C2/C(=C(/O)c3ccc4c(c3)OCCO4)C(=O)C(=O)N2c2ccc(F)c(Cl)c2)o1. The van der Waals surface area contributed by atoms with Gasteiger partial charge in [-0.05, 0) is 55.5 Å². The lowest BCUT2D eigenvalue weighted by Crippen LogP contribution is -2.29. The first-order valence-corrected chi connectivity index (χ1v) is 10.5. The van der Waals surface area contributed by atoms with Gasteiger partial charge in [-0.2, -0.15) is 0 Å². The smallest absolute Gasteiger partial charge is 0.300 e. The van der Waals surface area contributed by atoms with Crippen LogP contribution in [-0.2, 0) is 9.59 Å². The molecule has 1 unspecified atom stereocenters. The fourth-order valence-corrected chi connectivity index (χ4v) is 4.12. The van der Waals surface area contributed by atoms with E-state index in [-0.39, 0.29) is 27.6 Å². The maximum atomic E-state index is 13.8. The maximum absolute atomic E-state index is 13.8. The van der Waals surface area contributed by atoms with Gasteiger partial charge in [-0.3, -0.25) is 14.5 Å². The van der Waals surface area contributed by atoms with Crippen molar-refractivity contribution in [3.8, 4) is 11.5 Å². The lowest BCUT2D eigenvalue weighted by Gasteiger charge is -2.24. The van der Waals surface area contributed by atoms with Crippen molar-refractivity contribution in [1.29, 1.82) is 0 Å². The number of aliphatic hydroxyl groups excluding tert-OH is 1. The van der Waals surface area contributed by atoms with E-state index in [0.717, 1.165) is 11.0 Å². The molecule has 9 heteroatoms. The summed E-state index contributed by atoms with van der Waals surface area (Å²) in [6, 6.07) is 10.6. The van der Waals surface area contributed by atoms with E-state index in [0.29, 0.717) is 30.5 Å². The van der Waals surface area contributed by atoms with Gasteiger partial charge < -0.3 is 19.0 Å². The minimum absolute atomic E-state index is 0.175. The Morgan fingerprint density at radius 2 is 1.82 bits per heavy atom. The van der Waals surface area contributed by atoms with Gasteiger partial charge in [0.1, 0.15) is 42.4 Å². The second kappa shape index (κ2) is 7.97. The van der Waals surface area contributed by atoms with Crippen LogP contribution in [-0.4, -0.2) is 30.0 Å². The number of aliphatic hydroxyl groups is 1. The number of benzene rings is 2. The number of carbonyl (C=O) groups excluding carboxylic acids is 2. The Labute approximate surface area is 192 Å². The third kappa shape index (κ3) is 3.52. The third-order valence-corrected chi connectivity index (χ3v) is 5.76. The molecule has 1 atom stereocenters. The number of furan rings is 1. The molecule has 0 spiro atoms. The molecule has 1 aromatic heterocycles. The van der Waals surface area contributed by atoms with Gasteiger partial charge in [0.05, 0.1) is 10.6 Å². The van der Waals surface area contributed by atoms with Gasteiger partial charge in [-0.25, -0.2) is 4.39 Å². The number of amides is 1. The number of aryl methyl sites for hydroxylation is 1. The molecule has 5 rings (SSSR count). The van der Waals surface area contributed by atoms with E-state index in [9.17, 15) is 19.1 Å². The zero-order chi connectivity index (χ0) is 23.3. The van der Waals surface area contributed by atoms with Crippen molar-refractivity contribution in [1.82, 2.24) is 0 Å². The third-order valence-electron chi connectivity index (χ3n) is 5.47. The molecule has 2 aliphatic heterocycles. The molecular weight excluding hydrogens is 453 g/mol. The van der Waals surface area contributed by atoms with Crippen LogP contribution in [0.3, 0.4) is 0 Å². The van der Waals surface area contributed by atoms with Crippen LogP contribution in [0.4, 0.5) is 10.1 Å². The highest BCUT2D eigenvalue weighted by Gasteiger charge is 2.48. The van der Waals surface area contributed by atoms with Gasteiger partial charge in [-0.1, -0.05) is 11.6 Å². The molecule has 0 radical (unpaired) electrons. The number of nitrogens with zero attached hydrogens (tertiary/aromatic N) is 1. The topological polar surface area (TPSA) is 89.2 Å². The van der Waals surface area contributed by atoms with E-state index in [4.69, 9.17) is 25.5 Å². The number of halogens is 2. The van der Waals surface area contributed by atoms with Gasteiger partial charge in [0.25, 0.3) is 11.7 Å². The van der Waals surface area contributed by atoms with E-state index in [1.165, 1.54) is 18.2 Å². The lowest BCUT2D eigenvalue weighted by atomic mass is 9.99. The van der Waals surface area contributed by atoms with Crippen LogP contribution < -0.4 is 14.4 Å². The Morgan fingerprint density at radius 3 is 2.52 bits per heavy atom. The van der Waals surface area contributed by atoms with Crippen LogP contribution in [0, 0.1) is 12.7 Å². The predicted molar refractivity (Wildman–Crippen MR) is 117 cm³/mol. The van der Waals surface area contributed by atoms with E-state index < -0.39 is 29.3 Å². The van der Waals surface area contributed by atoms with Crippen LogP contribution in [0.25, 0.3) is 5.76 Å². The maximum Gasteiger partial charge on any atom is 0.300 e. The van der Waals surface area contributed by atoms with Gasteiger partial charge in [0.15, 0.2) is 11.5 Å². The molecule has 33 heavy (non-hydrogen) atoms. The van der Waals surface area contributed by atoms with Crippen LogP contribution in [0.5, 0.6) is 11.5 Å². The molecule has 1 N–H and O–H groups in total. The Kier molecular flexibility index (Phi) is 5.09. The number of ketones is 1. The van der Waals surface area contributed by atoms with Gasteiger partial charge >= 0.3 is 0 Å². The number of hydrogen-bond donors (Lipinski definition) is 1. The fourth-order valence-electron chi connectivity index (χ4n) is 3.95. The van der Waals surface area contributed by atoms with E-state index in [1.54, 1.807) is 31.2 Å². The van der Waals surface area contributed by atoms with Crippen molar-refractivity contribution >= 4 is 34.7 Å². The van der Waals surface area contributed by atoms with Crippen LogP contribution in [0.15, 0.2) is 58.5 Å². The largest absolute Gasteiger partial charge is 0.507 e. The van der Waals surface area contributed by atoms with Crippen molar-refractivity contribution in [2.75, 3.05) is 18.1 Å². The molecule has 2 aliphatic rings. The molecular formula is C24H17ClFNO6. The van der Waals surface area contributed by atoms with Gasteiger partial charge in [0.2, 0.25) is 0 Å². The Bertz CT molecular complexity index is 1330. The quantitative estimate of drug-likeness (QED) is 0.337. The first-order valence-electron chi connectivity index (χ1n) is 10.1. The van der Waals surface area contributed by atoms with E-state index >= 15 is 0 Å². The van der Waals surface area contributed by atoms with Crippen molar-refractivity contribution in [2.45, 2.75) is 13.0 Å². The highest BCUT2D eigenvalue weighted by Crippen LogP contribution is 2.44. The van der Waals surface area contributed by atoms with Crippen molar-refractivity contribution in [3.05, 3.63) is 82.0 Å². The molecule has 0 saturated carbocycles. The highest BCUT2D eigenvalue weighted by atomic mass is 35.5. The number of Topliss-reactive ketones (excluding diaryl/α,β-unsaturated/α-hetero) is 1. The summed E-state index contributed by atoms with van der Waals surface area (Å²) in [4.78, 5) is 27.3. The monoisotopic (exact) mass is 469 g/mol. The zero-order valence-electron chi connectivity index (χ0n) is 17.3. The molecule has 168 valence electrons. The number of carbonyl (C=O) groups is 2. The number of hydrogen-bond acceptors (Lipinski definition) is 6. The van der Waals surface area contributed by atoms with Crippen LogP contribution in [0.2, 0.25) is 5.02 Å². The number of fused-ring (bicyclic) bond motifs is 1. The summed E-state index contributed by atoms with van der Waals surface area (Å²) in [6.45, 7) is 2.46. The molecule has 2 aromatic carbocycles. The normalized spacial score (nSPS) is 19.2. The molecule has 1 saturated heterocycles. The van der Waals surface area contributed by atoms with E-state index in [2.05, 4.69) is 0 Å². The second-order valence-corrected chi connectivity index (χ2v) is 7.98. The Hall–Kier alpha value is -3.78. The summed E-state index contributed by atoms with van der Waals surface area (Å²) in [5.74, 6) is -1.16. The van der Waals surface area contributed by atoms with Crippen LogP contribution >= 0.6 is 11.6 Å². The summed E-state index contributed by atoms with van der Waals surface area (Å²) < 4.78 is 30.6. The van der Waals surface area contributed by atoms with Gasteiger partial charge in [0, 0.05) is 11.3 Å². The number of anilines is 1. The fraction of sp³-hybridized carbons (Fsp3) is 0.167. The standard InChI is InChI=1S/C24H17ClFNO6/c1-12-2-6-18(33-12)21-20(22(28)13-3-7-17-19(10-13)32-9-8-31-17)23(29)24(30)27(21)14-4-5-16(26)15(25)11-14/h2-7,10-11,21,28H,8-9H2,1H3/b22-20-. The molecule has 3 heterocycles. The molecule has 0 bridgehead atoms. The summed E-state index contributed by atoms with van der Waals surface area (Å²) >= 11 is 5.93. The molecule has 7 nitrogen and oxygen atoms in total. The predicted octanol–water partition coefficient (Wildman–Crippen LogP) is 4.78. The first-order chi connectivity index (χ1) is 15.8. The summed E-state index contributed by atoms with van der Waals surface area (Å²) in [5.41, 5.74) is 0.276. The summed E-state index contributed by atoms with van der Waals surface area (Å²) in [5, 5.41) is 11.0. The summed E-state index contributed by atoms with van der Waals surface area (Å²) in [7, 11) is 0. The summed E-state index contributed by atoms with van der Waals surface area (Å²) in [6.07, 6.45) is 0. The molecule has 0 aliphatic carbocycles. The first kappa shape index (κ1) is 21.1. The zero-order valence-corrected chi connectivity index (χ0v) is 18.1.